The topological polar surface area (TPSA) is 50.8 Å². The van der Waals surface area contributed by atoms with Crippen molar-refractivity contribution in [3.05, 3.63) is 23.8 Å². The summed E-state index contributed by atoms with van der Waals surface area (Å²) in [5.41, 5.74) is 0.969. The number of benzene rings is 1. The summed E-state index contributed by atoms with van der Waals surface area (Å²) in [5.74, 6) is 1.69. The van der Waals surface area contributed by atoms with Crippen molar-refractivity contribution in [1.29, 1.82) is 0 Å². The van der Waals surface area contributed by atoms with Crippen LogP contribution in [0.25, 0.3) is 0 Å². The molecule has 1 saturated heterocycles. The van der Waals surface area contributed by atoms with Crippen LogP contribution in [0.2, 0.25) is 0 Å². The van der Waals surface area contributed by atoms with Gasteiger partial charge in [0.05, 0.1) is 6.54 Å². The van der Waals surface area contributed by atoms with Gasteiger partial charge >= 0.3 is 0 Å². The molecule has 5 nitrogen and oxygen atoms in total. The maximum atomic E-state index is 12.3. The van der Waals surface area contributed by atoms with E-state index in [1.54, 1.807) is 4.90 Å². The van der Waals surface area contributed by atoms with Gasteiger partial charge in [-0.3, -0.25) is 9.69 Å². The van der Waals surface area contributed by atoms with Crippen molar-refractivity contribution < 1.29 is 14.3 Å². The highest BCUT2D eigenvalue weighted by atomic mass is 32.1. The second-order valence-electron chi connectivity index (χ2n) is 5.28. The quantitative estimate of drug-likeness (QED) is 0.859. The molecule has 0 unspecified atom stereocenters. The van der Waals surface area contributed by atoms with E-state index in [9.17, 15) is 4.79 Å². The Morgan fingerprint density at radius 1 is 1.40 bits per heavy atom. The lowest BCUT2D eigenvalue weighted by Crippen LogP contribution is -2.34. The molecule has 3 rings (SSSR count). The number of nitrogens with zero attached hydrogens (tertiary/aromatic N) is 1. The Bertz CT molecular complexity index is 574. The first kappa shape index (κ1) is 13.2. The molecule has 1 atom stereocenters. The van der Waals surface area contributed by atoms with E-state index >= 15 is 0 Å². The minimum Gasteiger partial charge on any atom is -0.454 e. The number of carbonyl (C=O) groups excluding carboxylic acids is 1. The van der Waals surface area contributed by atoms with Gasteiger partial charge in [0.25, 0.3) is 5.91 Å². The Hall–Kier alpha value is -1.82. The second kappa shape index (κ2) is 4.94. The zero-order valence-corrected chi connectivity index (χ0v) is 12.2. The first-order valence-corrected chi connectivity index (χ1v) is 6.97. The number of rotatable bonds is 3. The largest absolute Gasteiger partial charge is 0.454 e. The molecule has 1 N–H and O–H groups in total. The average Bonchev–Trinajstić information content (AvgIpc) is 2.97. The third-order valence-electron chi connectivity index (χ3n) is 3.50. The van der Waals surface area contributed by atoms with Crippen LogP contribution in [0.5, 0.6) is 11.5 Å². The van der Waals surface area contributed by atoms with Gasteiger partial charge in [-0.15, -0.1) is 0 Å². The summed E-state index contributed by atoms with van der Waals surface area (Å²) in [4.78, 5) is 13.9. The van der Waals surface area contributed by atoms with Gasteiger partial charge in [0.15, 0.2) is 16.6 Å². The second-order valence-corrected chi connectivity index (χ2v) is 5.67. The van der Waals surface area contributed by atoms with Crippen molar-refractivity contribution in [1.82, 2.24) is 10.2 Å². The monoisotopic (exact) mass is 292 g/mol. The molecule has 0 radical (unpaired) electrons. The SMILES string of the molecule is CC(C)[C@H]1NC(=S)N(Cc2ccc3c(c2)OCO3)C1=O. The van der Waals surface area contributed by atoms with Gasteiger partial charge in [-0.2, -0.15) is 0 Å². The minimum absolute atomic E-state index is 0.0302. The van der Waals surface area contributed by atoms with E-state index in [0.29, 0.717) is 17.4 Å². The van der Waals surface area contributed by atoms with Crippen LogP contribution in [0.15, 0.2) is 18.2 Å². The van der Waals surface area contributed by atoms with E-state index in [4.69, 9.17) is 21.7 Å². The Morgan fingerprint density at radius 3 is 2.85 bits per heavy atom. The average molecular weight is 292 g/mol. The summed E-state index contributed by atoms with van der Waals surface area (Å²) in [7, 11) is 0. The number of amides is 1. The number of thiocarbonyl (C=S) groups is 1. The van der Waals surface area contributed by atoms with E-state index in [0.717, 1.165) is 11.3 Å². The van der Waals surface area contributed by atoms with Crippen molar-refractivity contribution >= 4 is 23.2 Å². The van der Waals surface area contributed by atoms with Gasteiger partial charge in [-0.1, -0.05) is 19.9 Å². The molecule has 0 aliphatic carbocycles. The van der Waals surface area contributed by atoms with Gasteiger partial charge in [0.2, 0.25) is 6.79 Å². The summed E-state index contributed by atoms with van der Waals surface area (Å²) < 4.78 is 10.6. The standard InChI is InChI=1S/C14H16N2O3S/c1-8(2)12-13(17)16(14(20)15-12)6-9-3-4-10-11(5-9)19-7-18-10/h3-5,8,12H,6-7H2,1-2H3,(H,15,20)/t12-/m1/s1. The maximum Gasteiger partial charge on any atom is 0.251 e. The van der Waals surface area contributed by atoms with Crippen molar-refractivity contribution in [3.8, 4) is 11.5 Å². The van der Waals surface area contributed by atoms with Crippen LogP contribution in [0, 0.1) is 5.92 Å². The number of carbonyl (C=O) groups is 1. The molecule has 106 valence electrons. The minimum atomic E-state index is -0.225. The number of nitrogens with one attached hydrogen (secondary N) is 1. The highest BCUT2D eigenvalue weighted by Crippen LogP contribution is 2.33. The number of fused-ring (bicyclic) bond motifs is 1. The van der Waals surface area contributed by atoms with Crippen LogP contribution in [0.4, 0.5) is 0 Å². The fourth-order valence-electron chi connectivity index (χ4n) is 2.36. The Morgan fingerprint density at radius 2 is 2.15 bits per heavy atom. The molecular formula is C14H16N2O3S. The van der Waals surface area contributed by atoms with E-state index in [-0.39, 0.29) is 24.7 Å². The summed E-state index contributed by atoms with van der Waals surface area (Å²) in [6.45, 7) is 4.70. The Labute approximate surface area is 122 Å². The maximum absolute atomic E-state index is 12.3. The molecule has 1 aromatic rings. The van der Waals surface area contributed by atoms with Gasteiger partial charge < -0.3 is 14.8 Å². The van der Waals surface area contributed by atoms with Crippen LogP contribution in [0.1, 0.15) is 19.4 Å². The molecule has 1 amide bonds. The lowest BCUT2D eigenvalue weighted by atomic mass is 10.0. The molecule has 2 heterocycles. The zero-order valence-electron chi connectivity index (χ0n) is 11.4. The normalized spacial score (nSPS) is 20.8. The summed E-state index contributed by atoms with van der Waals surface area (Å²) in [6.07, 6.45) is 0. The molecule has 20 heavy (non-hydrogen) atoms. The van der Waals surface area contributed by atoms with Gasteiger partial charge in [0, 0.05) is 0 Å². The molecule has 0 bridgehead atoms. The summed E-state index contributed by atoms with van der Waals surface area (Å²) in [5, 5.41) is 3.57. The van der Waals surface area contributed by atoms with Gasteiger partial charge in [-0.25, -0.2) is 0 Å². The summed E-state index contributed by atoms with van der Waals surface area (Å²) >= 11 is 5.25. The van der Waals surface area contributed by atoms with Gasteiger partial charge in [0.1, 0.15) is 6.04 Å². The molecule has 2 aliphatic heterocycles. The lowest BCUT2D eigenvalue weighted by molar-refractivity contribution is -0.128. The van der Waals surface area contributed by atoms with E-state index < -0.39 is 0 Å². The Kier molecular flexibility index (Phi) is 3.25. The molecule has 6 heteroatoms. The van der Waals surface area contributed by atoms with Crippen LogP contribution < -0.4 is 14.8 Å². The third kappa shape index (κ3) is 2.20. The number of ether oxygens (including phenoxy) is 2. The predicted octanol–water partition coefficient (Wildman–Crippen LogP) is 1.66. The number of hydrogen-bond acceptors (Lipinski definition) is 4. The Balaban J connectivity index is 1.78. The fraction of sp³-hybridized carbons (Fsp3) is 0.429. The first-order valence-electron chi connectivity index (χ1n) is 6.56. The first-order chi connectivity index (χ1) is 9.56. The predicted molar refractivity (Wildman–Crippen MR) is 77.5 cm³/mol. The molecule has 0 aromatic heterocycles. The zero-order chi connectivity index (χ0) is 14.3. The lowest BCUT2D eigenvalue weighted by Gasteiger charge is -2.16. The molecule has 1 aromatic carbocycles. The van der Waals surface area contributed by atoms with Crippen molar-refractivity contribution in [2.24, 2.45) is 5.92 Å². The van der Waals surface area contributed by atoms with Crippen LogP contribution in [-0.4, -0.2) is 28.8 Å². The van der Waals surface area contributed by atoms with Crippen molar-refractivity contribution in [2.75, 3.05) is 6.79 Å². The smallest absolute Gasteiger partial charge is 0.251 e. The molecule has 2 aliphatic rings. The van der Waals surface area contributed by atoms with E-state index in [1.165, 1.54) is 0 Å². The molecule has 0 saturated carbocycles. The summed E-state index contributed by atoms with van der Waals surface area (Å²) in [6, 6.07) is 5.44. The molecule has 1 fully saturated rings. The third-order valence-corrected chi connectivity index (χ3v) is 3.84. The number of hydrogen-bond donors (Lipinski definition) is 1. The van der Waals surface area contributed by atoms with Crippen LogP contribution in [-0.2, 0) is 11.3 Å². The molecular weight excluding hydrogens is 276 g/mol. The molecule has 0 spiro atoms. The van der Waals surface area contributed by atoms with Crippen molar-refractivity contribution in [2.45, 2.75) is 26.4 Å². The highest BCUT2D eigenvalue weighted by molar-refractivity contribution is 7.80. The van der Waals surface area contributed by atoms with E-state index in [1.807, 2.05) is 32.0 Å². The van der Waals surface area contributed by atoms with E-state index in [2.05, 4.69) is 5.32 Å². The van der Waals surface area contributed by atoms with Crippen LogP contribution >= 0.6 is 12.2 Å². The van der Waals surface area contributed by atoms with Crippen molar-refractivity contribution in [3.63, 3.8) is 0 Å². The highest BCUT2D eigenvalue weighted by Gasteiger charge is 2.37. The fourth-order valence-corrected chi connectivity index (χ4v) is 2.65. The van der Waals surface area contributed by atoms with Crippen LogP contribution in [0.3, 0.4) is 0 Å². The van der Waals surface area contributed by atoms with Gasteiger partial charge in [-0.05, 0) is 35.8 Å².